The van der Waals surface area contributed by atoms with E-state index in [0.29, 0.717) is 0 Å². The summed E-state index contributed by atoms with van der Waals surface area (Å²) in [4.78, 5) is 10.3. The van der Waals surface area contributed by atoms with Gasteiger partial charge in [0.05, 0.1) is 0 Å². The minimum atomic E-state index is -0.699. The number of hydrogen-bond acceptors (Lipinski definition) is 3. The summed E-state index contributed by atoms with van der Waals surface area (Å²) in [5, 5.41) is 16.7. The van der Waals surface area contributed by atoms with E-state index in [1.165, 1.54) is 6.08 Å². The molecule has 0 aromatic rings. The molecule has 0 unspecified atom stereocenters. The molecule has 0 spiro atoms. The topological polar surface area (TPSA) is 57.5 Å². The zero-order chi connectivity index (χ0) is 7.28. The third-order valence-electron chi connectivity index (χ3n) is 0.705. The summed E-state index contributed by atoms with van der Waals surface area (Å²) < 4.78 is 0. The number of aliphatic hydroxyl groups is 2. The van der Waals surface area contributed by atoms with Crippen LogP contribution in [0.1, 0.15) is 0 Å². The number of allylic oxidation sites excluding steroid dienone is 2. The first kappa shape index (κ1) is 7.91. The van der Waals surface area contributed by atoms with Gasteiger partial charge < -0.3 is 10.2 Å². The van der Waals surface area contributed by atoms with Crippen LogP contribution < -0.4 is 0 Å². The van der Waals surface area contributed by atoms with Gasteiger partial charge in [-0.2, -0.15) is 0 Å². The maximum Gasteiger partial charge on any atom is 0.222 e. The lowest BCUT2D eigenvalue weighted by Gasteiger charge is -1.90. The maximum atomic E-state index is 10.3. The summed E-state index contributed by atoms with van der Waals surface area (Å²) in [7, 11) is 0. The molecule has 0 bridgehead atoms. The van der Waals surface area contributed by atoms with Crippen LogP contribution in [0.25, 0.3) is 0 Å². The van der Waals surface area contributed by atoms with E-state index in [0.717, 1.165) is 6.08 Å². The largest absolute Gasteiger partial charge is 0.504 e. The number of Topliss-reactive ketones (excluding diaryl/α,β-unsaturated/α-hetero) is 1. The molecular weight excluding hydrogens is 120 g/mol. The quantitative estimate of drug-likeness (QED) is 0.324. The lowest BCUT2D eigenvalue weighted by molar-refractivity contribution is -0.120. The molecule has 9 heavy (non-hydrogen) atoms. The summed E-state index contributed by atoms with van der Waals surface area (Å²) in [6.45, 7) is 2.58. The molecule has 0 heterocycles. The first-order valence-corrected chi connectivity index (χ1v) is 2.38. The smallest absolute Gasteiger partial charge is 0.222 e. The monoisotopic (exact) mass is 128 g/mol. The van der Waals surface area contributed by atoms with E-state index < -0.39 is 18.1 Å². The second-order valence-electron chi connectivity index (χ2n) is 1.37. The fourth-order valence-corrected chi connectivity index (χ4v) is 0.286. The highest BCUT2D eigenvalue weighted by Crippen LogP contribution is 1.88. The van der Waals surface area contributed by atoms with Gasteiger partial charge in [-0.3, -0.25) is 4.79 Å². The van der Waals surface area contributed by atoms with E-state index in [4.69, 9.17) is 10.2 Å². The van der Waals surface area contributed by atoms with Crippen LogP contribution in [0, 0.1) is 0 Å². The van der Waals surface area contributed by atoms with Gasteiger partial charge in [-0.05, 0) is 6.08 Å². The molecule has 2 N–H and O–H groups in total. The minimum Gasteiger partial charge on any atom is -0.504 e. The Balaban J connectivity index is 4.01. The summed E-state index contributed by atoms with van der Waals surface area (Å²) >= 11 is 0. The predicted molar refractivity (Wildman–Crippen MR) is 33.0 cm³/mol. The summed E-state index contributed by atoms with van der Waals surface area (Å²) in [6.07, 6.45) is 2.39. The highest BCUT2D eigenvalue weighted by atomic mass is 16.3. The van der Waals surface area contributed by atoms with Gasteiger partial charge in [0.2, 0.25) is 5.78 Å². The van der Waals surface area contributed by atoms with E-state index in [1.807, 2.05) is 0 Å². The van der Waals surface area contributed by atoms with Gasteiger partial charge in [-0.1, -0.05) is 12.7 Å². The molecule has 0 aromatic heterocycles. The van der Waals surface area contributed by atoms with Crippen molar-refractivity contribution in [1.82, 2.24) is 0 Å². The molecule has 0 aliphatic carbocycles. The highest BCUT2D eigenvalue weighted by molar-refractivity contribution is 5.94. The van der Waals surface area contributed by atoms with Crippen molar-refractivity contribution >= 4 is 5.78 Å². The predicted octanol–water partition coefficient (Wildman–Crippen LogP) is 0.176. The van der Waals surface area contributed by atoms with Crippen molar-refractivity contribution in [2.24, 2.45) is 0 Å². The molecule has 0 atom stereocenters. The molecule has 50 valence electrons. The highest BCUT2D eigenvalue weighted by Gasteiger charge is 2.01. The Morgan fingerprint density at radius 1 is 1.67 bits per heavy atom. The summed E-state index contributed by atoms with van der Waals surface area (Å²) in [6, 6.07) is 0. The van der Waals surface area contributed by atoms with E-state index in [2.05, 4.69) is 6.58 Å². The molecule has 3 heteroatoms. The van der Waals surface area contributed by atoms with Crippen molar-refractivity contribution in [2.75, 3.05) is 6.61 Å². The molecule has 0 aliphatic heterocycles. The van der Waals surface area contributed by atoms with E-state index in [1.54, 1.807) is 0 Å². The second kappa shape index (κ2) is 3.86. The maximum absolute atomic E-state index is 10.3. The van der Waals surface area contributed by atoms with Crippen molar-refractivity contribution < 1.29 is 15.0 Å². The molecule has 3 nitrogen and oxygen atoms in total. The minimum absolute atomic E-state index is 0.465. The summed E-state index contributed by atoms with van der Waals surface area (Å²) in [5.41, 5.74) is 0. The van der Waals surface area contributed by atoms with Crippen LogP contribution in [0.5, 0.6) is 0 Å². The van der Waals surface area contributed by atoms with Crippen LogP contribution in [-0.2, 0) is 4.79 Å². The van der Waals surface area contributed by atoms with Gasteiger partial charge in [-0.25, -0.2) is 0 Å². The van der Waals surface area contributed by atoms with Gasteiger partial charge in [-0.15, -0.1) is 0 Å². The lowest BCUT2D eigenvalue weighted by Crippen LogP contribution is -2.06. The Bertz CT molecular complexity index is 146. The van der Waals surface area contributed by atoms with Gasteiger partial charge >= 0.3 is 0 Å². The van der Waals surface area contributed by atoms with Crippen LogP contribution in [-0.4, -0.2) is 22.6 Å². The van der Waals surface area contributed by atoms with E-state index >= 15 is 0 Å². The van der Waals surface area contributed by atoms with Crippen LogP contribution in [0.4, 0.5) is 0 Å². The van der Waals surface area contributed by atoms with Gasteiger partial charge in [0.15, 0.2) is 5.76 Å². The SMILES string of the molecule is C=C/C=C(\O)C(=O)CO. The van der Waals surface area contributed by atoms with Gasteiger partial charge in [0.25, 0.3) is 0 Å². The first-order chi connectivity index (χ1) is 4.22. The van der Waals surface area contributed by atoms with Crippen molar-refractivity contribution in [3.63, 3.8) is 0 Å². The fourth-order valence-electron chi connectivity index (χ4n) is 0.286. The van der Waals surface area contributed by atoms with Crippen LogP contribution in [0.15, 0.2) is 24.5 Å². The summed E-state index contributed by atoms with van der Waals surface area (Å²) in [5.74, 6) is -1.16. The number of carbonyl (C=O) groups excluding carboxylic acids is 1. The van der Waals surface area contributed by atoms with E-state index in [-0.39, 0.29) is 0 Å². The zero-order valence-corrected chi connectivity index (χ0v) is 4.87. The standard InChI is InChI=1S/C6H8O3/c1-2-3-5(8)6(9)4-7/h2-3,7-8H,1,4H2/b5-3-. The fraction of sp³-hybridized carbons (Fsp3) is 0.167. The lowest BCUT2D eigenvalue weighted by atomic mass is 10.3. The van der Waals surface area contributed by atoms with Crippen LogP contribution in [0.2, 0.25) is 0 Å². The van der Waals surface area contributed by atoms with Gasteiger partial charge in [0.1, 0.15) is 6.61 Å². The number of carbonyl (C=O) groups is 1. The Morgan fingerprint density at radius 2 is 2.22 bits per heavy atom. The normalized spacial score (nSPS) is 11.0. The van der Waals surface area contributed by atoms with Crippen molar-refractivity contribution in [2.45, 2.75) is 0 Å². The number of aliphatic hydroxyl groups excluding tert-OH is 2. The average Bonchev–Trinajstić information content (AvgIpc) is 1.87. The Morgan fingerprint density at radius 3 is 2.56 bits per heavy atom. The molecule has 0 saturated carbocycles. The van der Waals surface area contributed by atoms with Gasteiger partial charge in [0, 0.05) is 0 Å². The molecule has 0 rings (SSSR count). The molecule has 0 amide bonds. The van der Waals surface area contributed by atoms with Crippen LogP contribution >= 0.6 is 0 Å². The first-order valence-electron chi connectivity index (χ1n) is 2.38. The van der Waals surface area contributed by atoms with Crippen molar-refractivity contribution in [1.29, 1.82) is 0 Å². The van der Waals surface area contributed by atoms with E-state index in [9.17, 15) is 4.79 Å². The van der Waals surface area contributed by atoms with Crippen molar-refractivity contribution in [3.05, 3.63) is 24.5 Å². The number of rotatable bonds is 3. The average molecular weight is 128 g/mol. The Hall–Kier alpha value is -1.09. The molecule has 0 radical (unpaired) electrons. The molecule has 0 aliphatic rings. The third kappa shape index (κ3) is 2.66. The molecule has 0 fully saturated rings. The van der Waals surface area contributed by atoms with Crippen molar-refractivity contribution in [3.8, 4) is 0 Å². The Kier molecular flexibility index (Phi) is 3.39. The molecule has 0 aromatic carbocycles. The molecule has 0 saturated heterocycles. The second-order valence-corrected chi connectivity index (χ2v) is 1.37. The van der Waals surface area contributed by atoms with Crippen LogP contribution in [0.3, 0.4) is 0 Å². The third-order valence-corrected chi connectivity index (χ3v) is 0.705. The zero-order valence-electron chi connectivity index (χ0n) is 4.87. The number of hydrogen-bond donors (Lipinski definition) is 2. The Labute approximate surface area is 52.9 Å². The number of ketones is 1. The molecular formula is C6H8O3.